The van der Waals surface area contributed by atoms with Crippen molar-refractivity contribution in [2.24, 2.45) is 0 Å². The molecular formula is C30H60O5Si5. The average Bonchev–Trinajstić information content (AvgIpc) is 3.00. The Kier molecular flexibility index (Phi) is 14.4. The molecule has 230 valence electrons. The number of hydrogen-bond donors (Lipinski definition) is 0. The zero-order valence-electron chi connectivity index (χ0n) is 27.4. The maximum absolute atomic E-state index is 7.50. The quantitative estimate of drug-likeness (QED) is 0.167. The minimum atomic E-state index is -3.19. The Morgan fingerprint density at radius 2 is 0.500 bits per heavy atom. The van der Waals surface area contributed by atoms with E-state index in [-0.39, 0.29) is 27.7 Å². The van der Waals surface area contributed by atoms with Gasteiger partial charge in [0.1, 0.15) is 0 Å². The van der Waals surface area contributed by atoms with Crippen molar-refractivity contribution in [3.8, 4) is 0 Å². The van der Waals surface area contributed by atoms with Gasteiger partial charge in [-0.25, -0.2) is 0 Å². The van der Waals surface area contributed by atoms with Crippen molar-refractivity contribution < 1.29 is 20.6 Å². The van der Waals surface area contributed by atoms with Crippen molar-refractivity contribution in [2.45, 2.75) is 129 Å². The molecule has 0 amide bonds. The summed E-state index contributed by atoms with van der Waals surface area (Å²) in [4.78, 5) is 0. The van der Waals surface area contributed by atoms with Crippen LogP contribution in [0.4, 0.5) is 0 Å². The molecule has 1 saturated heterocycles. The van der Waals surface area contributed by atoms with Gasteiger partial charge >= 0.3 is 42.8 Å². The monoisotopic (exact) mass is 640 g/mol. The Balaban J connectivity index is 4.46. The smallest absolute Gasteiger partial charge is 0.350 e. The Morgan fingerprint density at radius 3 is 0.575 bits per heavy atom. The molecule has 1 aliphatic heterocycles. The second kappa shape index (κ2) is 15.4. The fourth-order valence-electron chi connectivity index (χ4n) is 5.20. The normalized spacial score (nSPS) is 37.2. The summed E-state index contributed by atoms with van der Waals surface area (Å²) >= 11 is 0. The third-order valence-corrected chi connectivity index (χ3v) is 34.0. The number of hydrogen-bond acceptors (Lipinski definition) is 5. The molecule has 1 aliphatic rings. The molecule has 0 radical (unpaired) electrons. The molecule has 0 aromatic heterocycles. The molecule has 10 heteroatoms. The van der Waals surface area contributed by atoms with Crippen molar-refractivity contribution in [2.75, 3.05) is 0 Å². The van der Waals surface area contributed by atoms with E-state index in [4.69, 9.17) is 20.6 Å². The van der Waals surface area contributed by atoms with Crippen LogP contribution in [0, 0.1) is 0 Å². The molecule has 0 N–H and O–H groups in total. The van der Waals surface area contributed by atoms with Crippen molar-refractivity contribution in [1.82, 2.24) is 0 Å². The first kappa shape index (κ1) is 37.6. The third-order valence-electron chi connectivity index (χ3n) is 9.51. The first-order valence-corrected chi connectivity index (χ1v) is 25.3. The van der Waals surface area contributed by atoms with Gasteiger partial charge in [-0.2, -0.15) is 0 Å². The van der Waals surface area contributed by atoms with Crippen molar-refractivity contribution in [3.05, 3.63) is 61.4 Å². The molecule has 0 saturated carbocycles. The van der Waals surface area contributed by atoms with Crippen LogP contribution in [0.25, 0.3) is 0 Å². The topological polar surface area (TPSA) is 46.2 Å². The van der Waals surface area contributed by atoms with Gasteiger partial charge in [0.05, 0.1) is 0 Å². The van der Waals surface area contributed by atoms with Gasteiger partial charge in [-0.05, 0) is 0 Å². The van der Waals surface area contributed by atoms with Crippen molar-refractivity contribution in [3.63, 3.8) is 0 Å². The zero-order valence-corrected chi connectivity index (χ0v) is 32.4. The van der Waals surface area contributed by atoms with Gasteiger partial charge in [-0.15, -0.1) is 32.9 Å². The van der Waals surface area contributed by atoms with Crippen LogP contribution in [0.5, 0.6) is 0 Å². The summed E-state index contributed by atoms with van der Waals surface area (Å²) in [7, 11) is -16.0. The van der Waals surface area contributed by atoms with Crippen LogP contribution in [0.2, 0.25) is 27.7 Å². The molecule has 0 spiro atoms. The second-order valence-electron chi connectivity index (χ2n) is 11.7. The van der Waals surface area contributed by atoms with E-state index in [1.54, 1.807) is 0 Å². The molecule has 5 nitrogen and oxygen atoms in total. The maximum Gasteiger partial charge on any atom is 0.350 e. The van der Waals surface area contributed by atoms with Crippen molar-refractivity contribution >= 4 is 42.8 Å². The second-order valence-corrected chi connectivity index (χ2v) is 30.0. The van der Waals surface area contributed by atoms with Crippen LogP contribution < -0.4 is 0 Å². The molecule has 0 bridgehead atoms. The van der Waals surface area contributed by atoms with Crippen LogP contribution in [0.3, 0.4) is 0 Å². The predicted octanol–water partition coefficient (Wildman–Crippen LogP) is 9.92. The van der Waals surface area contributed by atoms with Crippen LogP contribution >= 0.6 is 0 Å². The highest BCUT2D eigenvalue weighted by Gasteiger charge is 2.65. The first-order valence-electron chi connectivity index (χ1n) is 15.4. The molecule has 0 aliphatic carbocycles. The molecule has 1 rings (SSSR count). The highest BCUT2D eigenvalue weighted by atomic mass is 28.5. The highest BCUT2D eigenvalue weighted by Crippen LogP contribution is 2.49. The lowest BCUT2D eigenvalue weighted by molar-refractivity contribution is 0.212. The SMILES string of the molecule is C=C[Si]1(C(C)CC)O[Si](C=C)(C(C)CC)O[Si](C=C)(C(C)CC)O[Si](C=C)(C(C)CC)O[Si](C=C)(C(C)CC)O1. The average molecular weight is 641 g/mol. The highest BCUT2D eigenvalue weighted by molar-refractivity contribution is 7.01. The molecule has 0 aromatic carbocycles. The third kappa shape index (κ3) is 7.03. The van der Waals surface area contributed by atoms with Gasteiger partial charge in [0.25, 0.3) is 0 Å². The lowest BCUT2D eigenvalue weighted by Crippen LogP contribution is -2.72. The minimum absolute atomic E-state index is 0.107. The van der Waals surface area contributed by atoms with Crippen LogP contribution in [-0.2, 0) is 20.6 Å². The standard InChI is InChI=1S/C30H60O5Si5/c1-16-26(11)36(21-6)31-37(22-7,27(12)17-2)33-39(24-9,29(14)19-4)35-40(25-10,30(15)20-5)34-38(23-8,32-36)28(13)18-3/h21-30H,6-10,16-20H2,1-5,11-15H3. The predicted molar refractivity (Wildman–Crippen MR) is 184 cm³/mol. The fourth-order valence-corrected chi connectivity index (χ4v) is 34.1. The van der Waals surface area contributed by atoms with Gasteiger partial charge in [0.15, 0.2) is 0 Å². The summed E-state index contributed by atoms with van der Waals surface area (Å²) in [6.07, 6.45) is 4.39. The van der Waals surface area contributed by atoms with Gasteiger partial charge in [-0.3, -0.25) is 0 Å². The summed E-state index contributed by atoms with van der Waals surface area (Å²) in [5, 5.41) is 0. The van der Waals surface area contributed by atoms with E-state index in [0.717, 1.165) is 32.1 Å². The molecule has 5 unspecified atom stereocenters. The van der Waals surface area contributed by atoms with E-state index in [2.05, 4.69) is 102 Å². The van der Waals surface area contributed by atoms with E-state index in [0.29, 0.717) is 0 Å². The molecule has 0 aromatic rings. The molecule has 1 fully saturated rings. The lowest BCUT2D eigenvalue weighted by Gasteiger charge is -2.55. The van der Waals surface area contributed by atoms with E-state index in [1.807, 2.05) is 28.5 Å². The van der Waals surface area contributed by atoms with E-state index in [9.17, 15) is 0 Å². The Labute approximate surface area is 253 Å². The Morgan fingerprint density at radius 1 is 0.375 bits per heavy atom. The summed E-state index contributed by atoms with van der Waals surface area (Å²) in [5.74, 6) is 0. The minimum Gasteiger partial charge on any atom is -0.409 e. The van der Waals surface area contributed by atoms with Crippen LogP contribution in [0.1, 0.15) is 101 Å². The molecule has 40 heavy (non-hydrogen) atoms. The van der Waals surface area contributed by atoms with Crippen LogP contribution in [-0.4, -0.2) is 42.8 Å². The van der Waals surface area contributed by atoms with Crippen molar-refractivity contribution in [1.29, 1.82) is 0 Å². The molecule has 5 atom stereocenters. The maximum atomic E-state index is 7.50. The van der Waals surface area contributed by atoms with Gasteiger partial charge in [-0.1, -0.05) is 130 Å². The van der Waals surface area contributed by atoms with Gasteiger partial charge in [0.2, 0.25) is 0 Å². The van der Waals surface area contributed by atoms with E-state index >= 15 is 0 Å². The summed E-state index contributed by atoms with van der Waals surface area (Å²) in [5.41, 5.74) is 10.4. The Hall–Kier alpha value is -0.416. The lowest BCUT2D eigenvalue weighted by atomic mass is 10.4. The molecule has 1 heterocycles. The summed E-state index contributed by atoms with van der Waals surface area (Å²) < 4.78 is 37.5. The first-order chi connectivity index (χ1) is 18.7. The van der Waals surface area contributed by atoms with Gasteiger partial charge in [0, 0.05) is 27.7 Å². The van der Waals surface area contributed by atoms with Crippen LogP contribution in [0.15, 0.2) is 61.4 Å². The largest absolute Gasteiger partial charge is 0.409 e. The summed E-state index contributed by atoms with van der Waals surface area (Å²) in [6.45, 7) is 43.8. The fraction of sp³-hybridized carbons (Fsp3) is 0.667. The number of rotatable bonds is 15. The van der Waals surface area contributed by atoms with E-state index in [1.165, 1.54) is 0 Å². The Bertz CT molecular complexity index is 708. The summed E-state index contributed by atoms with van der Waals surface area (Å²) in [6, 6.07) is 0. The zero-order chi connectivity index (χ0) is 31.0. The molecular weight excluding hydrogens is 581 g/mol. The van der Waals surface area contributed by atoms with Gasteiger partial charge < -0.3 is 20.6 Å². The van der Waals surface area contributed by atoms with E-state index < -0.39 is 42.8 Å².